The summed E-state index contributed by atoms with van der Waals surface area (Å²) in [6.45, 7) is 4.78. The molecule has 1 aliphatic rings. The van der Waals surface area contributed by atoms with Gasteiger partial charge in [0.15, 0.2) is 0 Å². The highest BCUT2D eigenvalue weighted by Crippen LogP contribution is 2.28. The van der Waals surface area contributed by atoms with Crippen molar-refractivity contribution in [2.75, 3.05) is 6.54 Å². The number of carbonyl (C=O) groups is 1. The highest BCUT2D eigenvalue weighted by Gasteiger charge is 2.33. The number of nitrogens with zero attached hydrogens (tertiary/aromatic N) is 2. The van der Waals surface area contributed by atoms with E-state index in [4.69, 9.17) is 0 Å². The van der Waals surface area contributed by atoms with Crippen LogP contribution in [-0.4, -0.2) is 28.4 Å². The lowest BCUT2D eigenvalue weighted by Gasteiger charge is -2.23. The predicted octanol–water partition coefficient (Wildman–Crippen LogP) is 2.33. The first-order valence-electron chi connectivity index (χ1n) is 5.87. The SMILES string of the molecule is CC(C)C(=O)N(CCc1nccs1)C1CC1. The first-order chi connectivity index (χ1) is 7.68. The van der Waals surface area contributed by atoms with Gasteiger partial charge in [0.2, 0.25) is 5.91 Å². The van der Waals surface area contributed by atoms with Crippen molar-refractivity contribution in [3.63, 3.8) is 0 Å². The van der Waals surface area contributed by atoms with Crippen LogP contribution in [0.15, 0.2) is 11.6 Å². The summed E-state index contributed by atoms with van der Waals surface area (Å²) >= 11 is 1.67. The Kier molecular flexibility index (Phi) is 3.59. The fraction of sp³-hybridized carbons (Fsp3) is 0.667. The molecule has 0 spiro atoms. The van der Waals surface area contributed by atoms with Crippen molar-refractivity contribution in [1.82, 2.24) is 9.88 Å². The van der Waals surface area contributed by atoms with Crippen molar-refractivity contribution in [3.05, 3.63) is 16.6 Å². The lowest BCUT2D eigenvalue weighted by atomic mass is 10.2. The molecule has 1 aromatic heterocycles. The lowest BCUT2D eigenvalue weighted by Crippen LogP contribution is -2.37. The lowest BCUT2D eigenvalue weighted by molar-refractivity contribution is -0.135. The zero-order valence-corrected chi connectivity index (χ0v) is 10.7. The molecule has 0 atom stereocenters. The number of hydrogen-bond donors (Lipinski definition) is 0. The molecule has 1 aliphatic carbocycles. The van der Waals surface area contributed by atoms with Gasteiger partial charge < -0.3 is 4.90 Å². The first-order valence-corrected chi connectivity index (χ1v) is 6.75. The maximum absolute atomic E-state index is 12.0. The molecule has 88 valence electrons. The van der Waals surface area contributed by atoms with Crippen LogP contribution in [0.3, 0.4) is 0 Å². The Bertz CT molecular complexity index is 344. The van der Waals surface area contributed by atoms with Gasteiger partial charge in [0.05, 0.1) is 5.01 Å². The molecule has 0 saturated heterocycles. The van der Waals surface area contributed by atoms with Gasteiger partial charge >= 0.3 is 0 Å². The Balaban J connectivity index is 1.90. The molecule has 0 aliphatic heterocycles. The van der Waals surface area contributed by atoms with Crippen molar-refractivity contribution in [2.45, 2.75) is 39.2 Å². The zero-order chi connectivity index (χ0) is 11.5. The number of thiazole rings is 1. The molecule has 1 fully saturated rings. The molecule has 16 heavy (non-hydrogen) atoms. The van der Waals surface area contributed by atoms with Crippen LogP contribution in [0.4, 0.5) is 0 Å². The van der Waals surface area contributed by atoms with Crippen LogP contribution in [-0.2, 0) is 11.2 Å². The fourth-order valence-corrected chi connectivity index (χ4v) is 2.39. The second-order valence-electron chi connectivity index (χ2n) is 4.59. The normalized spacial score (nSPS) is 15.4. The summed E-state index contributed by atoms with van der Waals surface area (Å²) in [5, 5.41) is 3.11. The summed E-state index contributed by atoms with van der Waals surface area (Å²) < 4.78 is 0. The summed E-state index contributed by atoms with van der Waals surface area (Å²) in [7, 11) is 0. The molecule has 3 nitrogen and oxygen atoms in total. The van der Waals surface area contributed by atoms with Gasteiger partial charge in [-0.2, -0.15) is 0 Å². The minimum atomic E-state index is 0.108. The third-order valence-electron chi connectivity index (χ3n) is 2.81. The minimum Gasteiger partial charge on any atom is -0.339 e. The summed E-state index contributed by atoms with van der Waals surface area (Å²) in [5.41, 5.74) is 0. The van der Waals surface area contributed by atoms with E-state index < -0.39 is 0 Å². The highest BCUT2D eigenvalue weighted by molar-refractivity contribution is 7.09. The number of carbonyl (C=O) groups excluding carboxylic acids is 1. The Morgan fingerprint density at radius 2 is 2.38 bits per heavy atom. The van der Waals surface area contributed by atoms with Crippen LogP contribution in [0.1, 0.15) is 31.7 Å². The number of hydrogen-bond acceptors (Lipinski definition) is 3. The maximum Gasteiger partial charge on any atom is 0.225 e. The van der Waals surface area contributed by atoms with Gasteiger partial charge in [-0.15, -0.1) is 11.3 Å². The third kappa shape index (κ3) is 2.82. The van der Waals surface area contributed by atoms with Crippen LogP contribution >= 0.6 is 11.3 Å². The van der Waals surface area contributed by atoms with Gasteiger partial charge in [-0.1, -0.05) is 13.8 Å². The average molecular weight is 238 g/mol. The van der Waals surface area contributed by atoms with E-state index in [1.54, 1.807) is 11.3 Å². The molecule has 1 aromatic rings. The molecule has 1 amide bonds. The molecule has 0 radical (unpaired) electrons. The molecule has 4 heteroatoms. The van der Waals surface area contributed by atoms with E-state index >= 15 is 0 Å². The quantitative estimate of drug-likeness (QED) is 0.789. The number of amides is 1. The van der Waals surface area contributed by atoms with E-state index in [2.05, 4.69) is 4.98 Å². The van der Waals surface area contributed by atoms with Crippen molar-refractivity contribution >= 4 is 17.2 Å². The topological polar surface area (TPSA) is 33.2 Å². The molecule has 1 saturated carbocycles. The van der Waals surface area contributed by atoms with Gasteiger partial charge in [-0.05, 0) is 12.8 Å². The van der Waals surface area contributed by atoms with Crippen molar-refractivity contribution in [1.29, 1.82) is 0 Å². The first kappa shape index (κ1) is 11.6. The Morgan fingerprint density at radius 1 is 1.62 bits per heavy atom. The molecule has 0 bridgehead atoms. The van der Waals surface area contributed by atoms with Crippen LogP contribution in [0.25, 0.3) is 0 Å². The van der Waals surface area contributed by atoms with Gasteiger partial charge in [-0.25, -0.2) is 4.98 Å². The molecule has 0 aromatic carbocycles. The Labute approximate surface area is 100 Å². The molecule has 0 N–H and O–H groups in total. The monoisotopic (exact) mass is 238 g/mol. The van der Waals surface area contributed by atoms with Gasteiger partial charge in [0, 0.05) is 36.5 Å². The summed E-state index contributed by atoms with van der Waals surface area (Å²) in [6, 6.07) is 0.509. The number of rotatable bonds is 5. The van der Waals surface area contributed by atoms with Crippen LogP contribution in [0.2, 0.25) is 0 Å². The zero-order valence-electron chi connectivity index (χ0n) is 9.85. The standard InChI is InChI=1S/C12H18N2OS/c1-9(2)12(15)14(10-3-4-10)7-5-11-13-6-8-16-11/h6,8-10H,3-5,7H2,1-2H3. The second kappa shape index (κ2) is 4.95. The largest absolute Gasteiger partial charge is 0.339 e. The maximum atomic E-state index is 12.0. The van der Waals surface area contributed by atoms with Crippen LogP contribution in [0.5, 0.6) is 0 Å². The van der Waals surface area contributed by atoms with Crippen molar-refractivity contribution in [2.24, 2.45) is 5.92 Å². The van der Waals surface area contributed by atoms with E-state index in [0.29, 0.717) is 11.9 Å². The molecule has 0 unspecified atom stereocenters. The van der Waals surface area contributed by atoms with Crippen molar-refractivity contribution in [3.8, 4) is 0 Å². The van der Waals surface area contributed by atoms with Gasteiger partial charge in [0.1, 0.15) is 0 Å². The predicted molar refractivity (Wildman–Crippen MR) is 65.4 cm³/mol. The molecular weight excluding hydrogens is 220 g/mol. The van der Waals surface area contributed by atoms with E-state index in [1.807, 2.05) is 30.3 Å². The van der Waals surface area contributed by atoms with Crippen molar-refractivity contribution < 1.29 is 4.79 Å². The minimum absolute atomic E-state index is 0.108. The van der Waals surface area contributed by atoms with E-state index in [-0.39, 0.29) is 5.92 Å². The highest BCUT2D eigenvalue weighted by atomic mass is 32.1. The Hall–Kier alpha value is -0.900. The smallest absolute Gasteiger partial charge is 0.225 e. The summed E-state index contributed by atoms with van der Waals surface area (Å²) in [5.74, 6) is 0.399. The molecule has 1 heterocycles. The second-order valence-corrected chi connectivity index (χ2v) is 5.57. The van der Waals surface area contributed by atoms with E-state index in [0.717, 1.165) is 18.0 Å². The van der Waals surface area contributed by atoms with Gasteiger partial charge in [-0.3, -0.25) is 4.79 Å². The molecular formula is C12H18N2OS. The molecule has 2 rings (SSSR count). The Morgan fingerprint density at radius 3 is 2.88 bits per heavy atom. The third-order valence-corrected chi connectivity index (χ3v) is 3.65. The summed E-state index contributed by atoms with van der Waals surface area (Å²) in [4.78, 5) is 18.3. The average Bonchev–Trinajstić information content (AvgIpc) is 2.95. The van der Waals surface area contributed by atoms with Gasteiger partial charge in [0.25, 0.3) is 0 Å². The van der Waals surface area contributed by atoms with E-state index in [9.17, 15) is 4.79 Å². The van der Waals surface area contributed by atoms with Crippen LogP contribution in [0, 0.1) is 5.92 Å². The van der Waals surface area contributed by atoms with Crippen LogP contribution < -0.4 is 0 Å². The number of aromatic nitrogens is 1. The fourth-order valence-electron chi connectivity index (χ4n) is 1.78. The van der Waals surface area contributed by atoms with E-state index in [1.165, 1.54) is 12.8 Å². The summed E-state index contributed by atoms with van der Waals surface area (Å²) in [6.07, 6.45) is 5.07.